The number of fused-ring (bicyclic) bond motifs is 2. The number of carbonyl (C=O) groups is 4. The number of nitrogens with one attached hydrogen (secondary N) is 4. The van der Waals surface area contributed by atoms with Crippen molar-refractivity contribution >= 4 is 45.4 Å². The van der Waals surface area contributed by atoms with E-state index in [1.165, 1.54) is 21.0 Å². The van der Waals surface area contributed by atoms with Gasteiger partial charge in [0.05, 0.1) is 13.2 Å². The van der Waals surface area contributed by atoms with E-state index in [-0.39, 0.29) is 31.5 Å². The van der Waals surface area contributed by atoms with Crippen LogP contribution in [0.15, 0.2) is 48.0 Å². The summed E-state index contributed by atoms with van der Waals surface area (Å²) in [4.78, 5) is 63.8. The fraction of sp³-hybridized carbons (Fsp3) is 0.564. The number of allylic oxidation sites excluding steroid dienone is 1. The van der Waals surface area contributed by atoms with Crippen LogP contribution < -0.4 is 24.8 Å². The SMILES string of the molecule is COc1ccc(-c2nn([C@@H]3C[C@H]4C(=O)N[C@]5(C(=O)NS(=O)(=O)NC6CC6)C[C@H]5/C=C/CCCCC[C@@H](NC(=O)OC5CCCC5)C(=O)N4C3)nc2-c2nccs2)cc1. The Morgan fingerprint density at radius 1 is 0.983 bits per heavy atom. The highest BCUT2D eigenvalue weighted by Crippen LogP contribution is 2.46. The van der Waals surface area contributed by atoms with Gasteiger partial charge in [0.25, 0.3) is 5.91 Å². The Kier molecular flexibility index (Phi) is 11.5. The van der Waals surface area contributed by atoms with E-state index < -0.39 is 63.6 Å². The Morgan fingerprint density at radius 3 is 2.47 bits per heavy atom. The number of carbonyl (C=O) groups excluding carboxylic acids is 4. The minimum Gasteiger partial charge on any atom is -0.497 e. The van der Waals surface area contributed by atoms with E-state index in [9.17, 15) is 27.6 Å². The number of hydrogen-bond donors (Lipinski definition) is 4. The molecule has 4 heterocycles. The molecule has 8 rings (SSSR count). The van der Waals surface area contributed by atoms with Gasteiger partial charge in [-0.3, -0.25) is 14.4 Å². The van der Waals surface area contributed by atoms with E-state index >= 15 is 0 Å². The molecule has 0 bridgehead atoms. The van der Waals surface area contributed by atoms with Crippen LogP contribution in [0.25, 0.3) is 22.0 Å². The molecule has 0 spiro atoms. The van der Waals surface area contributed by atoms with Gasteiger partial charge in [-0.05, 0) is 88.5 Å². The highest BCUT2D eigenvalue weighted by atomic mass is 32.2. The summed E-state index contributed by atoms with van der Waals surface area (Å²) in [7, 11) is -2.59. The van der Waals surface area contributed by atoms with Crippen LogP contribution in [0.4, 0.5) is 4.79 Å². The first-order valence-corrected chi connectivity index (χ1v) is 22.5. The molecule has 4 fully saturated rings. The summed E-state index contributed by atoms with van der Waals surface area (Å²) in [5.41, 5.74) is 0.288. The third-order valence-corrected chi connectivity index (χ3v) is 13.5. The average Bonchev–Trinajstić information content (AvgIpc) is 3.72. The molecule has 0 unspecified atom stereocenters. The summed E-state index contributed by atoms with van der Waals surface area (Å²) < 4.78 is 41.4. The van der Waals surface area contributed by atoms with Crippen molar-refractivity contribution in [2.45, 2.75) is 119 Å². The van der Waals surface area contributed by atoms with Crippen molar-refractivity contribution in [3.8, 4) is 27.7 Å². The number of rotatable bonds is 10. The third kappa shape index (κ3) is 8.90. The second-order valence-electron chi connectivity index (χ2n) is 15.9. The van der Waals surface area contributed by atoms with Crippen molar-refractivity contribution < 1.29 is 37.1 Å². The number of benzene rings is 1. The Balaban J connectivity index is 1.12. The quantitative estimate of drug-likeness (QED) is 0.216. The summed E-state index contributed by atoms with van der Waals surface area (Å²) in [6, 6.07) is 4.44. The monoisotopic (exact) mass is 835 g/mol. The highest BCUT2D eigenvalue weighted by molar-refractivity contribution is 7.88. The predicted molar refractivity (Wildman–Crippen MR) is 212 cm³/mol. The number of hydrogen-bond acceptors (Lipinski definition) is 12. The molecule has 5 atom stereocenters. The summed E-state index contributed by atoms with van der Waals surface area (Å²) in [5, 5.41) is 18.0. The maximum Gasteiger partial charge on any atom is 0.408 e. The lowest BCUT2D eigenvalue weighted by Gasteiger charge is -2.30. The van der Waals surface area contributed by atoms with Crippen LogP contribution in [0, 0.1) is 5.92 Å². The molecule has 17 nitrogen and oxygen atoms in total. The Hall–Kier alpha value is -4.88. The number of alkyl carbamates (subject to hydrolysis) is 1. The van der Waals surface area contributed by atoms with Crippen LogP contribution in [0.2, 0.25) is 0 Å². The van der Waals surface area contributed by atoms with Gasteiger partial charge in [-0.2, -0.15) is 23.0 Å². The van der Waals surface area contributed by atoms with Gasteiger partial charge in [0.1, 0.15) is 45.9 Å². The van der Waals surface area contributed by atoms with E-state index in [0.29, 0.717) is 54.2 Å². The zero-order chi connectivity index (χ0) is 40.4. The van der Waals surface area contributed by atoms with Gasteiger partial charge in [-0.15, -0.1) is 16.4 Å². The lowest BCUT2D eigenvalue weighted by atomic mass is 10.0. The number of thiazole rings is 1. The molecule has 5 aliphatic rings. The van der Waals surface area contributed by atoms with E-state index in [0.717, 1.165) is 44.1 Å². The molecule has 4 N–H and O–H groups in total. The number of amides is 4. The molecule has 2 aromatic heterocycles. The normalized spacial score (nSPS) is 27.4. The summed E-state index contributed by atoms with van der Waals surface area (Å²) in [5.74, 6) is -1.73. The molecule has 310 valence electrons. The van der Waals surface area contributed by atoms with Crippen LogP contribution in [0.5, 0.6) is 5.75 Å². The molecule has 58 heavy (non-hydrogen) atoms. The smallest absolute Gasteiger partial charge is 0.408 e. The Labute approximate surface area is 340 Å². The van der Waals surface area contributed by atoms with E-state index in [1.54, 1.807) is 13.3 Å². The third-order valence-electron chi connectivity index (χ3n) is 11.6. The molecule has 19 heteroatoms. The summed E-state index contributed by atoms with van der Waals surface area (Å²) in [6.45, 7) is 0.0169. The first-order chi connectivity index (χ1) is 28.0. The standard InChI is InChI=1S/C39H49N9O8S2/c1-55-28-17-13-24(14-18-28)32-33(35-40-19-20-57-35)44-48(43-32)27-21-31-34(49)42-39(37(51)46-58(53,54)45-26-15-16-26)22-25(39)9-5-3-2-4-6-12-30(36(50)47(31)23-27)41-38(52)56-29-10-7-8-11-29/h5,9,13-14,17-20,25-27,29-31,45H,2-4,6-8,10-12,15-16,21-23H2,1H3,(H,41,52)(H,42,49)(H,46,51)/b9-5+/t25-,27-,30-,31+,39-/m1/s1. The molecule has 3 saturated carbocycles. The average molecular weight is 836 g/mol. The lowest BCUT2D eigenvalue weighted by molar-refractivity contribution is -0.141. The van der Waals surface area contributed by atoms with Crippen molar-refractivity contribution in [2.75, 3.05) is 13.7 Å². The van der Waals surface area contributed by atoms with Crippen LogP contribution in [-0.4, -0.2) is 101 Å². The van der Waals surface area contributed by atoms with E-state index in [2.05, 4.69) is 25.1 Å². The highest BCUT2D eigenvalue weighted by Gasteiger charge is 2.62. The van der Waals surface area contributed by atoms with Gasteiger partial charge in [-0.1, -0.05) is 25.0 Å². The number of aromatic nitrogens is 4. The fourth-order valence-corrected chi connectivity index (χ4v) is 9.95. The lowest BCUT2D eigenvalue weighted by Crippen LogP contribution is -2.59. The largest absolute Gasteiger partial charge is 0.497 e. The van der Waals surface area contributed by atoms with Crippen LogP contribution in [0.1, 0.15) is 89.5 Å². The van der Waals surface area contributed by atoms with E-state index in [1.807, 2.05) is 41.8 Å². The van der Waals surface area contributed by atoms with Crippen molar-refractivity contribution in [3.63, 3.8) is 0 Å². The molecular formula is C39H49N9O8S2. The van der Waals surface area contributed by atoms with Crippen LogP contribution in [-0.2, 0) is 29.3 Å². The number of ether oxygens (including phenoxy) is 2. The second-order valence-corrected chi connectivity index (χ2v) is 18.2. The number of methoxy groups -OCH3 is 1. The van der Waals surface area contributed by atoms with Gasteiger partial charge in [0.15, 0.2) is 0 Å². The number of nitrogens with zero attached hydrogens (tertiary/aromatic N) is 5. The first kappa shape index (κ1) is 39.9. The minimum atomic E-state index is -4.18. The van der Waals surface area contributed by atoms with Crippen LogP contribution in [0.3, 0.4) is 0 Å². The van der Waals surface area contributed by atoms with Crippen LogP contribution >= 0.6 is 11.3 Å². The second kappa shape index (κ2) is 16.8. The molecule has 3 aliphatic carbocycles. The summed E-state index contributed by atoms with van der Waals surface area (Å²) in [6.07, 6.45) is 12.9. The van der Waals surface area contributed by atoms with Gasteiger partial charge >= 0.3 is 16.3 Å². The molecular weight excluding hydrogens is 787 g/mol. The maximum absolute atomic E-state index is 14.7. The van der Waals surface area contributed by atoms with Gasteiger partial charge in [-0.25, -0.2) is 14.5 Å². The Morgan fingerprint density at radius 2 is 1.74 bits per heavy atom. The fourth-order valence-electron chi connectivity index (χ4n) is 8.17. The summed E-state index contributed by atoms with van der Waals surface area (Å²) >= 11 is 1.40. The van der Waals surface area contributed by atoms with E-state index in [4.69, 9.17) is 19.7 Å². The maximum atomic E-state index is 14.7. The van der Waals surface area contributed by atoms with Crippen molar-refractivity contribution in [3.05, 3.63) is 48.0 Å². The zero-order valence-electron chi connectivity index (χ0n) is 32.3. The molecule has 0 radical (unpaired) electrons. The molecule has 4 amide bonds. The molecule has 1 aromatic carbocycles. The van der Waals surface area contributed by atoms with Crippen molar-refractivity contribution in [1.82, 2.24) is 45.0 Å². The molecule has 1 saturated heterocycles. The van der Waals surface area contributed by atoms with Gasteiger partial charge in [0.2, 0.25) is 11.8 Å². The van der Waals surface area contributed by atoms with Gasteiger partial charge in [0, 0.05) is 42.1 Å². The van der Waals surface area contributed by atoms with Crippen molar-refractivity contribution in [1.29, 1.82) is 0 Å². The first-order valence-electron chi connectivity index (χ1n) is 20.1. The molecule has 3 aromatic rings. The van der Waals surface area contributed by atoms with Crippen molar-refractivity contribution in [2.24, 2.45) is 5.92 Å². The molecule has 2 aliphatic heterocycles. The minimum absolute atomic E-state index is 0.0169. The zero-order valence-corrected chi connectivity index (χ0v) is 33.9. The Bertz CT molecular complexity index is 2130. The predicted octanol–water partition coefficient (Wildman–Crippen LogP) is 3.76. The van der Waals surface area contributed by atoms with Gasteiger partial charge < -0.3 is 25.0 Å². The topological polar surface area (TPSA) is 216 Å².